The summed E-state index contributed by atoms with van der Waals surface area (Å²) in [5.41, 5.74) is 0.162. The molecule has 1 saturated heterocycles. The Morgan fingerprint density at radius 3 is 2.56 bits per heavy atom. The first-order valence-corrected chi connectivity index (χ1v) is 7.08. The summed E-state index contributed by atoms with van der Waals surface area (Å²) in [6, 6.07) is 0.487. The van der Waals surface area contributed by atoms with E-state index in [4.69, 9.17) is 4.74 Å². The molecule has 0 saturated carbocycles. The van der Waals surface area contributed by atoms with Crippen LogP contribution in [-0.2, 0) is 4.74 Å². The van der Waals surface area contributed by atoms with Crippen LogP contribution in [0.15, 0.2) is 0 Å². The molecule has 104 valence electrons. The molecule has 1 unspecified atom stereocenters. The van der Waals surface area contributed by atoms with Gasteiger partial charge in [0.05, 0.1) is 13.2 Å². The number of rotatable bonds is 6. The number of hydrogen-bond donors (Lipinski definition) is 1. The smallest absolute Gasteiger partial charge is 0.0594 e. The number of nitrogens with zero attached hydrogens (tertiary/aromatic N) is 1. The van der Waals surface area contributed by atoms with Gasteiger partial charge < -0.3 is 10.1 Å². The molecule has 1 N–H and O–H groups in total. The molecule has 0 aromatic rings. The SMILES string of the molecule is CC#CCCC(NCC)C(C)(C)N1CCOCC1. The number of nitrogens with one attached hydrogen (secondary N) is 1. The van der Waals surface area contributed by atoms with Crippen LogP contribution in [0, 0.1) is 11.8 Å². The van der Waals surface area contributed by atoms with Crippen molar-refractivity contribution >= 4 is 0 Å². The molecule has 1 fully saturated rings. The van der Waals surface area contributed by atoms with Crippen molar-refractivity contribution < 1.29 is 4.74 Å². The van der Waals surface area contributed by atoms with Gasteiger partial charge in [-0.25, -0.2) is 0 Å². The Bertz CT molecular complexity index is 285. The quantitative estimate of drug-likeness (QED) is 0.731. The van der Waals surface area contributed by atoms with E-state index in [9.17, 15) is 0 Å². The average molecular weight is 252 g/mol. The maximum atomic E-state index is 5.45. The molecule has 3 heteroatoms. The molecule has 18 heavy (non-hydrogen) atoms. The lowest BCUT2D eigenvalue weighted by Gasteiger charge is -2.46. The molecule has 0 aromatic heterocycles. The third-order valence-corrected chi connectivity index (χ3v) is 3.86. The summed E-state index contributed by atoms with van der Waals surface area (Å²) in [5.74, 6) is 6.16. The summed E-state index contributed by atoms with van der Waals surface area (Å²) in [6.07, 6.45) is 2.08. The van der Waals surface area contributed by atoms with Crippen molar-refractivity contribution in [3.8, 4) is 11.8 Å². The highest BCUT2D eigenvalue weighted by atomic mass is 16.5. The van der Waals surface area contributed by atoms with Crippen LogP contribution in [-0.4, -0.2) is 49.3 Å². The summed E-state index contributed by atoms with van der Waals surface area (Å²) in [5, 5.41) is 3.63. The van der Waals surface area contributed by atoms with Crippen molar-refractivity contribution in [3.63, 3.8) is 0 Å². The van der Waals surface area contributed by atoms with E-state index in [-0.39, 0.29) is 5.54 Å². The molecular weight excluding hydrogens is 224 g/mol. The minimum atomic E-state index is 0.162. The van der Waals surface area contributed by atoms with Crippen LogP contribution in [0.1, 0.15) is 40.5 Å². The van der Waals surface area contributed by atoms with Crippen LogP contribution in [0.4, 0.5) is 0 Å². The van der Waals surface area contributed by atoms with Crippen molar-refractivity contribution in [2.75, 3.05) is 32.8 Å². The van der Waals surface area contributed by atoms with Crippen LogP contribution in [0.25, 0.3) is 0 Å². The molecule has 0 amide bonds. The highest BCUT2D eigenvalue weighted by Crippen LogP contribution is 2.23. The van der Waals surface area contributed by atoms with E-state index in [0.29, 0.717) is 6.04 Å². The van der Waals surface area contributed by atoms with E-state index in [1.807, 2.05) is 6.92 Å². The molecule has 0 radical (unpaired) electrons. The predicted molar refractivity (Wildman–Crippen MR) is 76.6 cm³/mol. The van der Waals surface area contributed by atoms with Crippen molar-refractivity contribution in [3.05, 3.63) is 0 Å². The molecule has 1 aliphatic rings. The first-order chi connectivity index (χ1) is 8.62. The Morgan fingerprint density at radius 2 is 2.00 bits per heavy atom. The van der Waals surface area contributed by atoms with E-state index in [1.54, 1.807) is 0 Å². The lowest BCUT2D eigenvalue weighted by molar-refractivity contribution is -0.0239. The van der Waals surface area contributed by atoms with Gasteiger partial charge in [0.2, 0.25) is 0 Å². The maximum Gasteiger partial charge on any atom is 0.0594 e. The molecule has 1 rings (SSSR count). The van der Waals surface area contributed by atoms with Gasteiger partial charge in [0.25, 0.3) is 0 Å². The Kier molecular flexibility index (Phi) is 6.70. The fourth-order valence-electron chi connectivity index (χ4n) is 2.65. The van der Waals surface area contributed by atoms with Gasteiger partial charge in [-0.3, -0.25) is 4.90 Å². The topological polar surface area (TPSA) is 24.5 Å². The number of morpholine rings is 1. The molecule has 0 spiro atoms. The van der Waals surface area contributed by atoms with Gasteiger partial charge in [0.1, 0.15) is 0 Å². The molecule has 0 bridgehead atoms. The van der Waals surface area contributed by atoms with E-state index in [0.717, 1.165) is 45.7 Å². The lowest BCUT2D eigenvalue weighted by atomic mass is 9.88. The fraction of sp³-hybridized carbons (Fsp3) is 0.867. The molecule has 0 aliphatic carbocycles. The zero-order chi connectivity index (χ0) is 13.4. The minimum absolute atomic E-state index is 0.162. The Labute approximate surface area is 112 Å². The van der Waals surface area contributed by atoms with Crippen LogP contribution >= 0.6 is 0 Å². The monoisotopic (exact) mass is 252 g/mol. The van der Waals surface area contributed by atoms with Gasteiger partial charge in [-0.15, -0.1) is 11.8 Å². The van der Waals surface area contributed by atoms with Gasteiger partial charge in [0, 0.05) is 31.1 Å². The second kappa shape index (κ2) is 7.78. The maximum absolute atomic E-state index is 5.45. The summed E-state index contributed by atoms with van der Waals surface area (Å²) >= 11 is 0. The van der Waals surface area contributed by atoms with Gasteiger partial charge in [-0.2, -0.15) is 0 Å². The van der Waals surface area contributed by atoms with Crippen molar-refractivity contribution in [1.82, 2.24) is 10.2 Å². The summed E-state index contributed by atoms with van der Waals surface area (Å²) in [6.45, 7) is 13.6. The third-order valence-electron chi connectivity index (χ3n) is 3.86. The standard InChI is InChI=1S/C15H28N2O/c1-5-7-8-9-14(16-6-2)15(3,4)17-10-12-18-13-11-17/h14,16H,6,8-13H2,1-4H3. The van der Waals surface area contributed by atoms with E-state index >= 15 is 0 Å². The second-order valence-corrected chi connectivity index (χ2v) is 5.33. The summed E-state index contributed by atoms with van der Waals surface area (Å²) in [7, 11) is 0. The average Bonchev–Trinajstić information content (AvgIpc) is 2.39. The Morgan fingerprint density at radius 1 is 1.33 bits per heavy atom. The third kappa shape index (κ3) is 4.28. The van der Waals surface area contributed by atoms with Crippen molar-refractivity contribution in [1.29, 1.82) is 0 Å². The Balaban J connectivity index is 2.63. The second-order valence-electron chi connectivity index (χ2n) is 5.33. The fourth-order valence-corrected chi connectivity index (χ4v) is 2.65. The van der Waals surface area contributed by atoms with Crippen LogP contribution in [0.3, 0.4) is 0 Å². The molecule has 1 atom stereocenters. The van der Waals surface area contributed by atoms with Crippen LogP contribution < -0.4 is 5.32 Å². The van der Waals surface area contributed by atoms with Crippen molar-refractivity contribution in [2.45, 2.75) is 52.1 Å². The zero-order valence-electron chi connectivity index (χ0n) is 12.4. The van der Waals surface area contributed by atoms with E-state index in [2.05, 4.69) is 42.8 Å². The van der Waals surface area contributed by atoms with Crippen molar-refractivity contribution in [2.24, 2.45) is 0 Å². The molecular formula is C15H28N2O. The number of ether oxygens (including phenoxy) is 1. The normalized spacial score (nSPS) is 19.1. The number of likely N-dealkylation sites (N-methyl/N-ethyl adjacent to an activating group) is 1. The largest absolute Gasteiger partial charge is 0.379 e. The molecule has 1 aliphatic heterocycles. The molecule has 3 nitrogen and oxygen atoms in total. The zero-order valence-corrected chi connectivity index (χ0v) is 12.4. The first kappa shape index (κ1) is 15.5. The van der Waals surface area contributed by atoms with E-state index < -0.39 is 0 Å². The lowest BCUT2D eigenvalue weighted by Crippen LogP contribution is -2.60. The Hall–Kier alpha value is -0.560. The highest BCUT2D eigenvalue weighted by molar-refractivity contribution is 5.00. The van der Waals surface area contributed by atoms with Gasteiger partial charge in [-0.1, -0.05) is 6.92 Å². The van der Waals surface area contributed by atoms with Gasteiger partial charge >= 0.3 is 0 Å². The highest BCUT2D eigenvalue weighted by Gasteiger charge is 2.35. The molecule has 1 heterocycles. The minimum Gasteiger partial charge on any atom is -0.379 e. The molecule has 0 aromatic carbocycles. The van der Waals surface area contributed by atoms with Crippen LogP contribution in [0.2, 0.25) is 0 Å². The predicted octanol–water partition coefficient (Wildman–Crippen LogP) is 1.88. The summed E-state index contributed by atoms with van der Waals surface area (Å²) in [4.78, 5) is 2.54. The van der Waals surface area contributed by atoms with Gasteiger partial charge in [-0.05, 0) is 33.7 Å². The first-order valence-electron chi connectivity index (χ1n) is 7.08. The van der Waals surface area contributed by atoms with E-state index in [1.165, 1.54) is 0 Å². The number of hydrogen-bond acceptors (Lipinski definition) is 3. The summed E-state index contributed by atoms with van der Waals surface area (Å²) < 4.78 is 5.45. The van der Waals surface area contributed by atoms with Crippen LogP contribution in [0.5, 0.6) is 0 Å². The van der Waals surface area contributed by atoms with Gasteiger partial charge in [0.15, 0.2) is 0 Å².